The lowest BCUT2D eigenvalue weighted by atomic mass is 10.0. The molecule has 0 aliphatic carbocycles. The van der Waals surface area contributed by atoms with E-state index in [1.807, 2.05) is 24.3 Å². The van der Waals surface area contributed by atoms with Crippen molar-refractivity contribution >= 4 is 5.97 Å². The second-order valence-electron chi connectivity index (χ2n) is 6.48. The summed E-state index contributed by atoms with van der Waals surface area (Å²) in [5.41, 5.74) is 2.11. The highest BCUT2D eigenvalue weighted by molar-refractivity contribution is 5.90. The Labute approximate surface area is 154 Å². The molecular weight excluding hydrogens is 332 g/mol. The van der Waals surface area contributed by atoms with Gasteiger partial charge in [0.05, 0.1) is 17.9 Å². The van der Waals surface area contributed by atoms with E-state index in [0.29, 0.717) is 42.6 Å². The molecule has 0 fully saturated rings. The molecule has 2 rings (SSSR count). The Hall–Kier alpha value is -2.47. The summed E-state index contributed by atoms with van der Waals surface area (Å²) in [5, 5.41) is 0. The summed E-state index contributed by atoms with van der Waals surface area (Å²) in [5.74, 6) is 0.824. The third kappa shape index (κ3) is 6.11. The molecule has 1 heterocycles. The van der Waals surface area contributed by atoms with Crippen molar-refractivity contribution in [2.24, 2.45) is 5.92 Å². The van der Waals surface area contributed by atoms with E-state index >= 15 is 0 Å². The van der Waals surface area contributed by atoms with Crippen molar-refractivity contribution in [3.05, 3.63) is 47.3 Å². The minimum atomic E-state index is -0.441. The van der Waals surface area contributed by atoms with Gasteiger partial charge in [-0.25, -0.2) is 9.78 Å². The van der Waals surface area contributed by atoms with Crippen LogP contribution in [0.5, 0.6) is 11.8 Å². The Bertz CT molecular complexity index is 714. The molecule has 0 spiro atoms. The first-order chi connectivity index (χ1) is 12.5. The van der Waals surface area contributed by atoms with Crippen LogP contribution < -0.4 is 4.74 Å². The molecule has 0 saturated carbocycles. The van der Waals surface area contributed by atoms with Gasteiger partial charge in [0.25, 0.3) is 0 Å². The predicted molar refractivity (Wildman–Crippen MR) is 98.6 cm³/mol. The van der Waals surface area contributed by atoms with Gasteiger partial charge in [0.2, 0.25) is 0 Å². The topological polar surface area (TPSA) is 70.5 Å². The molecule has 0 N–H and O–H groups in total. The molecule has 26 heavy (non-hydrogen) atoms. The fourth-order valence-corrected chi connectivity index (χ4v) is 2.41. The fraction of sp³-hybridized carbons (Fsp3) is 0.450. The number of esters is 1. The van der Waals surface area contributed by atoms with Gasteiger partial charge >= 0.3 is 12.0 Å². The molecule has 1 aromatic carbocycles. The third-order valence-electron chi connectivity index (χ3n) is 3.68. The number of aromatic nitrogens is 2. The van der Waals surface area contributed by atoms with Crippen molar-refractivity contribution in [1.82, 2.24) is 9.97 Å². The van der Waals surface area contributed by atoms with Crippen molar-refractivity contribution in [3.8, 4) is 11.8 Å². The van der Waals surface area contributed by atoms with Gasteiger partial charge in [-0.05, 0) is 37.0 Å². The Morgan fingerprint density at radius 3 is 2.50 bits per heavy atom. The van der Waals surface area contributed by atoms with Crippen LogP contribution in [0.2, 0.25) is 0 Å². The third-order valence-corrected chi connectivity index (χ3v) is 3.68. The maximum absolute atomic E-state index is 12.0. The van der Waals surface area contributed by atoms with Crippen LogP contribution in [-0.4, -0.2) is 36.3 Å². The second kappa shape index (κ2) is 9.87. The van der Waals surface area contributed by atoms with E-state index in [1.165, 1.54) is 11.8 Å². The van der Waals surface area contributed by atoms with Crippen molar-refractivity contribution < 1.29 is 19.0 Å². The second-order valence-corrected chi connectivity index (χ2v) is 6.48. The standard InChI is InChI=1S/C20H26N2O4/c1-14(2)12-16-6-8-17(9-7-16)26-20-21-13-18(15(3)22-20)19(23)25-11-5-10-24-4/h6-9,13-14H,5,10-12H2,1-4H3. The lowest BCUT2D eigenvalue weighted by Crippen LogP contribution is -2.11. The highest BCUT2D eigenvalue weighted by Gasteiger charge is 2.14. The molecule has 0 amide bonds. The predicted octanol–water partition coefficient (Wildman–Crippen LogP) is 3.97. The largest absolute Gasteiger partial charge is 0.462 e. The van der Waals surface area contributed by atoms with Crippen LogP contribution in [0.15, 0.2) is 30.5 Å². The smallest absolute Gasteiger partial charge is 0.341 e. The number of hydrogen-bond acceptors (Lipinski definition) is 6. The first-order valence-electron chi connectivity index (χ1n) is 8.76. The number of rotatable bonds is 9. The van der Waals surface area contributed by atoms with Crippen molar-refractivity contribution in [2.45, 2.75) is 33.6 Å². The quantitative estimate of drug-likeness (QED) is 0.499. The minimum absolute atomic E-state index is 0.204. The molecule has 0 unspecified atom stereocenters. The van der Waals surface area contributed by atoms with Gasteiger partial charge < -0.3 is 14.2 Å². The summed E-state index contributed by atoms with van der Waals surface area (Å²) < 4.78 is 15.8. The van der Waals surface area contributed by atoms with E-state index in [1.54, 1.807) is 14.0 Å². The zero-order chi connectivity index (χ0) is 18.9. The first-order valence-corrected chi connectivity index (χ1v) is 8.76. The average molecular weight is 358 g/mol. The average Bonchev–Trinajstić information content (AvgIpc) is 2.60. The van der Waals surface area contributed by atoms with Crippen LogP contribution in [0, 0.1) is 12.8 Å². The maximum Gasteiger partial charge on any atom is 0.341 e. The van der Waals surface area contributed by atoms with E-state index in [0.717, 1.165) is 6.42 Å². The molecule has 1 aromatic heterocycles. The summed E-state index contributed by atoms with van der Waals surface area (Å²) in [7, 11) is 1.61. The van der Waals surface area contributed by atoms with Crippen LogP contribution >= 0.6 is 0 Å². The summed E-state index contributed by atoms with van der Waals surface area (Å²) in [6, 6.07) is 8.07. The lowest BCUT2D eigenvalue weighted by Gasteiger charge is -2.09. The Kier molecular flexibility index (Phi) is 7.53. The summed E-state index contributed by atoms with van der Waals surface area (Å²) in [6.45, 7) is 6.95. The first kappa shape index (κ1) is 19.8. The highest BCUT2D eigenvalue weighted by Crippen LogP contribution is 2.20. The van der Waals surface area contributed by atoms with Crippen molar-refractivity contribution in [1.29, 1.82) is 0 Å². The molecule has 0 aliphatic heterocycles. The normalized spacial score (nSPS) is 10.8. The summed E-state index contributed by atoms with van der Waals surface area (Å²) in [4.78, 5) is 20.4. The van der Waals surface area contributed by atoms with Crippen LogP contribution in [0.4, 0.5) is 0 Å². The summed E-state index contributed by atoms with van der Waals surface area (Å²) in [6.07, 6.45) is 3.11. The van der Waals surface area contributed by atoms with Crippen LogP contribution in [0.3, 0.4) is 0 Å². The van der Waals surface area contributed by atoms with Crippen molar-refractivity contribution in [3.63, 3.8) is 0 Å². The van der Waals surface area contributed by atoms with Gasteiger partial charge in [-0.3, -0.25) is 0 Å². The SMILES string of the molecule is COCCCOC(=O)c1cnc(Oc2ccc(CC(C)C)cc2)nc1C. The van der Waals surface area contributed by atoms with E-state index < -0.39 is 5.97 Å². The van der Waals surface area contributed by atoms with Gasteiger partial charge in [0.15, 0.2) is 0 Å². The Morgan fingerprint density at radius 2 is 1.88 bits per heavy atom. The number of ether oxygens (including phenoxy) is 3. The van der Waals surface area contributed by atoms with Gasteiger partial charge in [0, 0.05) is 26.3 Å². The molecular formula is C20H26N2O4. The molecule has 140 valence electrons. The molecule has 0 atom stereocenters. The number of nitrogens with zero attached hydrogens (tertiary/aromatic N) is 2. The van der Waals surface area contributed by atoms with Crippen LogP contribution in [0.1, 0.15) is 41.9 Å². The fourth-order valence-electron chi connectivity index (χ4n) is 2.41. The zero-order valence-electron chi connectivity index (χ0n) is 15.8. The van der Waals surface area contributed by atoms with Gasteiger partial charge in [0.1, 0.15) is 5.75 Å². The molecule has 2 aromatic rings. The van der Waals surface area contributed by atoms with E-state index in [2.05, 4.69) is 23.8 Å². The number of hydrogen-bond donors (Lipinski definition) is 0. The number of methoxy groups -OCH3 is 1. The van der Waals surface area contributed by atoms with Gasteiger partial charge in [-0.1, -0.05) is 26.0 Å². The Morgan fingerprint density at radius 1 is 1.15 bits per heavy atom. The number of carbonyl (C=O) groups is 1. The van der Waals surface area contributed by atoms with Crippen LogP contribution in [0.25, 0.3) is 0 Å². The molecule has 0 aliphatic rings. The monoisotopic (exact) mass is 358 g/mol. The van der Waals surface area contributed by atoms with E-state index in [9.17, 15) is 4.79 Å². The summed E-state index contributed by atoms with van der Waals surface area (Å²) >= 11 is 0. The molecule has 0 saturated heterocycles. The lowest BCUT2D eigenvalue weighted by molar-refractivity contribution is 0.0466. The number of carbonyl (C=O) groups excluding carboxylic acids is 1. The van der Waals surface area contributed by atoms with E-state index in [4.69, 9.17) is 14.2 Å². The van der Waals surface area contributed by atoms with Gasteiger partial charge in [-0.15, -0.1) is 0 Å². The maximum atomic E-state index is 12.0. The molecule has 0 radical (unpaired) electrons. The van der Waals surface area contributed by atoms with Crippen LogP contribution in [-0.2, 0) is 15.9 Å². The Balaban J connectivity index is 1.97. The highest BCUT2D eigenvalue weighted by atomic mass is 16.5. The van der Waals surface area contributed by atoms with Crippen molar-refractivity contribution in [2.75, 3.05) is 20.3 Å². The van der Waals surface area contributed by atoms with Gasteiger partial charge in [-0.2, -0.15) is 4.98 Å². The number of benzene rings is 1. The number of aryl methyl sites for hydroxylation is 1. The van der Waals surface area contributed by atoms with E-state index in [-0.39, 0.29) is 6.01 Å². The zero-order valence-corrected chi connectivity index (χ0v) is 15.8. The minimum Gasteiger partial charge on any atom is -0.462 e. The molecule has 6 heteroatoms. The molecule has 0 bridgehead atoms. The molecule has 6 nitrogen and oxygen atoms in total.